The van der Waals surface area contributed by atoms with Gasteiger partial charge in [-0.2, -0.15) is 0 Å². The Balaban J connectivity index is 1.51. The van der Waals surface area contributed by atoms with E-state index in [1.165, 1.54) is 21.8 Å². The van der Waals surface area contributed by atoms with Crippen molar-refractivity contribution in [3.05, 3.63) is 56.2 Å². The van der Waals surface area contributed by atoms with Crippen LogP contribution in [0.1, 0.15) is 22.1 Å². The van der Waals surface area contributed by atoms with E-state index in [-0.39, 0.29) is 5.56 Å². The summed E-state index contributed by atoms with van der Waals surface area (Å²) in [6.45, 7) is 6.11. The summed E-state index contributed by atoms with van der Waals surface area (Å²) in [4.78, 5) is 32.5. The summed E-state index contributed by atoms with van der Waals surface area (Å²) in [7, 11) is 0. The Labute approximate surface area is 178 Å². The summed E-state index contributed by atoms with van der Waals surface area (Å²) in [5.74, 6) is 2.58. The third-order valence-electron chi connectivity index (χ3n) is 4.73. The van der Waals surface area contributed by atoms with Crippen LogP contribution in [0.25, 0.3) is 31.8 Å². The Morgan fingerprint density at radius 2 is 2.00 bits per heavy atom. The molecule has 146 valence electrons. The first-order valence-electron chi connectivity index (χ1n) is 8.92. The van der Waals surface area contributed by atoms with Crippen LogP contribution in [-0.2, 0) is 5.75 Å². The largest absolute Gasteiger partial charge is 0.464 e. The molecule has 5 aromatic heterocycles. The molecular formula is C20H16N4O2S3. The summed E-state index contributed by atoms with van der Waals surface area (Å²) < 4.78 is 5.45. The molecule has 6 nitrogen and oxygen atoms in total. The van der Waals surface area contributed by atoms with E-state index < -0.39 is 0 Å². The van der Waals surface area contributed by atoms with Gasteiger partial charge < -0.3 is 9.40 Å². The Hall–Kier alpha value is -2.49. The number of H-pyrrole nitrogens is 1. The van der Waals surface area contributed by atoms with Crippen molar-refractivity contribution in [2.45, 2.75) is 31.6 Å². The van der Waals surface area contributed by atoms with Crippen molar-refractivity contribution >= 4 is 54.9 Å². The van der Waals surface area contributed by atoms with Crippen LogP contribution in [0.4, 0.5) is 0 Å². The molecule has 0 aliphatic rings. The van der Waals surface area contributed by atoms with Gasteiger partial charge in [0.15, 0.2) is 0 Å². The quantitative estimate of drug-likeness (QED) is 0.295. The van der Waals surface area contributed by atoms with Crippen molar-refractivity contribution in [2.75, 3.05) is 0 Å². The number of thiophene rings is 2. The zero-order chi connectivity index (χ0) is 20.1. The molecule has 0 saturated heterocycles. The zero-order valence-corrected chi connectivity index (χ0v) is 18.3. The van der Waals surface area contributed by atoms with Gasteiger partial charge in [0.1, 0.15) is 32.1 Å². The number of nitrogens with one attached hydrogen (secondary N) is 1. The van der Waals surface area contributed by atoms with Gasteiger partial charge in [-0.1, -0.05) is 11.8 Å². The molecule has 0 aliphatic heterocycles. The number of fused-ring (bicyclic) bond motifs is 2. The van der Waals surface area contributed by atoms with Crippen molar-refractivity contribution in [2.24, 2.45) is 0 Å². The van der Waals surface area contributed by atoms with Crippen molar-refractivity contribution in [1.29, 1.82) is 0 Å². The fourth-order valence-corrected chi connectivity index (χ4v) is 6.32. The van der Waals surface area contributed by atoms with E-state index in [9.17, 15) is 4.79 Å². The van der Waals surface area contributed by atoms with Crippen LogP contribution in [0.3, 0.4) is 0 Å². The summed E-state index contributed by atoms with van der Waals surface area (Å²) in [6, 6.07) is 3.66. The third-order valence-corrected chi connectivity index (χ3v) is 7.69. The van der Waals surface area contributed by atoms with E-state index in [4.69, 9.17) is 4.42 Å². The maximum atomic E-state index is 12.7. The monoisotopic (exact) mass is 440 g/mol. The maximum Gasteiger partial charge on any atom is 0.260 e. The average Bonchev–Trinajstić information content (AvgIpc) is 3.39. The van der Waals surface area contributed by atoms with Crippen LogP contribution < -0.4 is 5.56 Å². The van der Waals surface area contributed by atoms with Crippen molar-refractivity contribution in [3.63, 3.8) is 0 Å². The molecule has 9 heteroatoms. The number of aryl methyl sites for hydroxylation is 3. The lowest BCUT2D eigenvalue weighted by molar-refractivity contribution is 0.583. The summed E-state index contributed by atoms with van der Waals surface area (Å²) in [5.41, 5.74) is 1.84. The lowest BCUT2D eigenvalue weighted by atomic mass is 10.2. The van der Waals surface area contributed by atoms with Gasteiger partial charge in [0.25, 0.3) is 5.56 Å². The molecule has 5 rings (SSSR count). The predicted molar refractivity (Wildman–Crippen MR) is 119 cm³/mol. The molecule has 0 atom stereocenters. The number of hydrogen-bond donors (Lipinski definition) is 1. The SMILES string of the molecule is Cc1nc(SCc2nc3scc(-c4ccco4)c3c(=O)[nH]2)c2c(C)c(C)sc2n1. The topological polar surface area (TPSA) is 84.7 Å². The highest BCUT2D eigenvalue weighted by molar-refractivity contribution is 7.98. The molecule has 5 aromatic rings. The van der Waals surface area contributed by atoms with E-state index in [1.54, 1.807) is 29.4 Å². The lowest BCUT2D eigenvalue weighted by Crippen LogP contribution is -2.10. The summed E-state index contributed by atoms with van der Waals surface area (Å²) in [6.07, 6.45) is 1.60. The van der Waals surface area contributed by atoms with E-state index in [1.807, 2.05) is 24.4 Å². The molecule has 0 fully saturated rings. The highest BCUT2D eigenvalue weighted by Crippen LogP contribution is 2.36. The Morgan fingerprint density at radius 3 is 2.79 bits per heavy atom. The number of aromatic nitrogens is 4. The van der Waals surface area contributed by atoms with Gasteiger partial charge in [0.2, 0.25) is 0 Å². The van der Waals surface area contributed by atoms with Crippen LogP contribution >= 0.6 is 34.4 Å². The molecule has 0 unspecified atom stereocenters. The van der Waals surface area contributed by atoms with Gasteiger partial charge in [-0.15, -0.1) is 22.7 Å². The van der Waals surface area contributed by atoms with E-state index >= 15 is 0 Å². The second-order valence-corrected chi connectivity index (χ2v) is 9.67. The number of aromatic amines is 1. The first kappa shape index (κ1) is 18.5. The highest BCUT2D eigenvalue weighted by Gasteiger charge is 2.17. The van der Waals surface area contributed by atoms with Gasteiger partial charge in [0, 0.05) is 21.2 Å². The van der Waals surface area contributed by atoms with Crippen molar-refractivity contribution in [3.8, 4) is 11.3 Å². The molecule has 0 spiro atoms. The van der Waals surface area contributed by atoms with E-state index in [0.29, 0.717) is 27.6 Å². The maximum absolute atomic E-state index is 12.7. The van der Waals surface area contributed by atoms with E-state index in [0.717, 1.165) is 26.6 Å². The lowest BCUT2D eigenvalue weighted by Gasteiger charge is -2.05. The predicted octanol–water partition coefficient (Wildman–Crippen LogP) is 5.47. The zero-order valence-electron chi connectivity index (χ0n) is 15.9. The van der Waals surface area contributed by atoms with Crippen LogP contribution in [0, 0.1) is 20.8 Å². The van der Waals surface area contributed by atoms with Crippen LogP contribution in [0.15, 0.2) is 38.0 Å². The standard InChI is InChI=1S/C20H16N4O2S3/c1-9-10(2)29-20-15(9)18(21-11(3)22-20)28-8-14-23-17(25)16-12(7-27-19(16)24-14)13-5-4-6-26-13/h4-7H,8H2,1-3H3,(H,23,24,25). The van der Waals surface area contributed by atoms with Crippen LogP contribution in [-0.4, -0.2) is 19.9 Å². The first-order chi connectivity index (χ1) is 14.0. The molecule has 0 bridgehead atoms. The van der Waals surface area contributed by atoms with Gasteiger partial charge in [-0.05, 0) is 38.5 Å². The Bertz CT molecular complexity index is 1410. The normalized spacial score (nSPS) is 11.7. The van der Waals surface area contributed by atoms with E-state index in [2.05, 4.69) is 33.8 Å². The Kier molecular flexibility index (Phi) is 4.53. The fourth-order valence-electron chi connectivity index (χ4n) is 3.23. The molecule has 0 aliphatic carbocycles. The minimum atomic E-state index is -0.148. The number of nitrogens with zero attached hydrogens (tertiary/aromatic N) is 3. The Morgan fingerprint density at radius 1 is 1.14 bits per heavy atom. The third kappa shape index (κ3) is 3.19. The van der Waals surface area contributed by atoms with Crippen molar-refractivity contribution < 1.29 is 4.42 Å². The van der Waals surface area contributed by atoms with Gasteiger partial charge >= 0.3 is 0 Å². The molecule has 29 heavy (non-hydrogen) atoms. The fraction of sp³-hybridized carbons (Fsp3) is 0.200. The number of thioether (sulfide) groups is 1. The van der Waals surface area contributed by atoms with Gasteiger partial charge in [-0.3, -0.25) is 4.79 Å². The second-order valence-electron chi connectivity index (χ2n) is 6.65. The van der Waals surface area contributed by atoms with Gasteiger partial charge in [0.05, 0.1) is 17.4 Å². The minimum absolute atomic E-state index is 0.148. The van der Waals surface area contributed by atoms with Crippen molar-refractivity contribution in [1.82, 2.24) is 19.9 Å². The first-order valence-corrected chi connectivity index (χ1v) is 11.6. The molecule has 5 heterocycles. The molecule has 0 aromatic carbocycles. The molecule has 1 N–H and O–H groups in total. The number of hydrogen-bond acceptors (Lipinski definition) is 8. The molecule has 0 amide bonds. The van der Waals surface area contributed by atoms with Crippen LogP contribution in [0.2, 0.25) is 0 Å². The second kappa shape index (κ2) is 7.08. The average molecular weight is 441 g/mol. The molecule has 0 radical (unpaired) electrons. The molecular weight excluding hydrogens is 424 g/mol. The number of furan rings is 1. The summed E-state index contributed by atoms with van der Waals surface area (Å²) >= 11 is 4.71. The highest BCUT2D eigenvalue weighted by atomic mass is 32.2. The van der Waals surface area contributed by atoms with Gasteiger partial charge in [-0.25, -0.2) is 15.0 Å². The minimum Gasteiger partial charge on any atom is -0.464 e. The number of rotatable bonds is 4. The smallest absolute Gasteiger partial charge is 0.260 e. The van der Waals surface area contributed by atoms with Crippen LogP contribution in [0.5, 0.6) is 0 Å². The molecule has 0 saturated carbocycles. The summed E-state index contributed by atoms with van der Waals surface area (Å²) in [5, 5.41) is 4.52.